The van der Waals surface area contributed by atoms with E-state index >= 15 is 0 Å². The van der Waals surface area contributed by atoms with Crippen LogP contribution in [0.25, 0.3) is 0 Å². The first-order chi connectivity index (χ1) is 10.1. The van der Waals surface area contributed by atoms with E-state index in [1.807, 2.05) is 49.1 Å². The number of H-pyrrole nitrogens is 1. The number of aryl methyl sites for hydroxylation is 1. The predicted molar refractivity (Wildman–Crippen MR) is 79.0 cm³/mol. The van der Waals surface area contributed by atoms with Crippen molar-refractivity contribution in [3.8, 4) is 0 Å². The monoisotopic (exact) mass is 285 g/mol. The number of benzene rings is 1. The molecule has 1 aliphatic heterocycles. The smallest absolute Gasteiger partial charge is 0.275 e. The molecule has 2 aromatic rings. The van der Waals surface area contributed by atoms with Crippen LogP contribution in [0.3, 0.4) is 0 Å². The molecule has 2 atom stereocenters. The van der Waals surface area contributed by atoms with Crippen LogP contribution in [0, 0.1) is 6.92 Å². The van der Waals surface area contributed by atoms with Gasteiger partial charge >= 0.3 is 0 Å². The minimum absolute atomic E-state index is 0.0361. The average Bonchev–Trinajstić information content (AvgIpc) is 2.94. The van der Waals surface area contributed by atoms with E-state index in [2.05, 4.69) is 10.2 Å². The molecule has 0 unspecified atom stereocenters. The van der Waals surface area contributed by atoms with Gasteiger partial charge in [-0.3, -0.25) is 9.89 Å². The summed E-state index contributed by atoms with van der Waals surface area (Å²) in [6, 6.07) is 11.7. The molecule has 1 aliphatic rings. The molecule has 1 fully saturated rings. The second kappa shape index (κ2) is 5.69. The highest BCUT2D eigenvalue weighted by atomic mass is 16.5. The molecular formula is C16H19N3O2. The van der Waals surface area contributed by atoms with Crippen molar-refractivity contribution in [2.45, 2.75) is 26.0 Å². The van der Waals surface area contributed by atoms with Crippen LogP contribution in [0.5, 0.6) is 0 Å². The number of carbonyl (C=O) groups excluding carboxylic acids is 1. The normalized spacial score (nSPS) is 22.3. The number of rotatable bonds is 2. The second-order valence-electron chi connectivity index (χ2n) is 5.46. The number of hydrogen-bond acceptors (Lipinski definition) is 3. The van der Waals surface area contributed by atoms with Crippen molar-refractivity contribution in [2.75, 3.05) is 13.2 Å². The summed E-state index contributed by atoms with van der Waals surface area (Å²) >= 11 is 0. The number of nitrogens with one attached hydrogen (secondary N) is 1. The standard InChI is InChI=1S/C16H19N3O2/c1-11-8-14(18-17-11)16(20)19-9-12(2)21-10-15(19)13-6-4-3-5-7-13/h3-8,12,15H,9-10H2,1-2H3,(H,17,18)/t12-,15+/m1/s1. The van der Waals surface area contributed by atoms with Crippen molar-refractivity contribution in [3.63, 3.8) is 0 Å². The van der Waals surface area contributed by atoms with Crippen molar-refractivity contribution < 1.29 is 9.53 Å². The van der Waals surface area contributed by atoms with Crippen LogP contribution in [0.4, 0.5) is 0 Å². The Bertz CT molecular complexity index is 623. The van der Waals surface area contributed by atoms with Crippen molar-refractivity contribution in [1.29, 1.82) is 0 Å². The van der Waals surface area contributed by atoms with Crippen molar-refractivity contribution in [2.24, 2.45) is 0 Å². The fraction of sp³-hybridized carbons (Fsp3) is 0.375. The quantitative estimate of drug-likeness (QED) is 0.921. The van der Waals surface area contributed by atoms with Crippen molar-refractivity contribution >= 4 is 5.91 Å². The van der Waals surface area contributed by atoms with Gasteiger partial charge in [-0.2, -0.15) is 5.10 Å². The third-order valence-corrected chi connectivity index (χ3v) is 3.74. The average molecular weight is 285 g/mol. The SMILES string of the molecule is Cc1cc(C(=O)N2C[C@@H](C)OC[C@H]2c2ccccc2)n[nH]1. The molecule has 1 N–H and O–H groups in total. The van der Waals surface area contributed by atoms with Crippen LogP contribution in [-0.2, 0) is 4.74 Å². The summed E-state index contributed by atoms with van der Waals surface area (Å²) in [5.74, 6) is -0.0525. The Morgan fingerprint density at radius 1 is 1.38 bits per heavy atom. The molecule has 1 saturated heterocycles. The Morgan fingerprint density at radius 2 is 2.14 bits per heavy atom. The summed E-state index contributed by atoms with van der Waals surface area (Å²) in [6.07, 6.45) is 0.0361. The van der Waals surface area contributed by atoms with E-state index in [1.54, 1.807) is 6.07 Å². The lowest BCUT2D eigenvalue weighted by molar-refractivity contribution is -0.0449. The number of amides is 1. The molecule has 1 aromatic carbocycles. The van der Waals surface area contributed by atoms with Crippen LogP contribution in [0.1, 0.15) is 34.7 Å². The molecule has 0 bridgehead atoms. The van der Waals surface area contributed by atoms with E-state index in [4.69, 9.17) is 4.74 Å². The number of morpholine rings is 1. The molecule has 0 saturated carbocycles. The Kier molecular flexibility index (Phi) is 3.75. The van der Waals surface area contributed by atoms with Gasteiger partial charge < -0.3 is 9.64 Å². The number of carbonyl (C=O) groups is 1. The number of aromatic amines is 1. The van der Waals surface area contributed by atoms with E-state index in [-0.39, 0.29) is 18.1 Å². The first-order valence-electron chi connectivity index (χ1n) is 7.14. The van der Waals surface area contributed by atoms with Crippen LogP contribution in [0.2, 0.25) is 0 Å². The van der Waals surface area contributed by atoms with Gasteiger partial charge in [0.25, 0.3) is 5.91 Å². The summed E-state index contributed by atoms with van der Waals surface area (Å²) < 4.78 is 5.74. The number of nitrogens with zero attached hydrogens (tertiary/aromatic N) is 2. The van der Waals surface area contributed by atoms with Crippen LogP contribution in [-0.4, -0.2) is 40.3 Å². The Labute approximate surface area is 123 Å². The van der Waals surface area contributed by atoms with Gasteiger partial charge in [-0.25, -0.2) is 0 Å². The molecule has 1 aromatic heterocycles. The minimum Gasteiger partial charge on any atom is -0.374 e. The Morgan fingerprint density at radius 3 is 2.81 bits per heavy atom. The van der Waals surface area contributed by atoms with E-state index in [9.17, 15) is 4.79 Å². The van der Waals surface area contributed by atoms with Crippen LogP contribution in [0.15, 0.2) is 36.4 Å². The lowest BCUT2D eigenvalue weighted by Crippen LogP contribution is -2.46. The molecule has 0 spiro atoms. The van der Waals surface area contributed by atoms with Gasteiger partial charge in [0.1, 0.15) is 5.69 Å². The van der Waals surface area contributed by atoms with Gasteiger partial charge in [0.15, 0.2) is 0 Å². The molecule has 3 rings (SSSR count). The predicted octanol–water partition coefficient (Wildman–Crippen LogP) is 2.32. The molecular weight excluding hydrogens is 266 g/mol. The first kappa shape index (κ1) is 13.8. The van der Waals surface area contributed by atoms with Gasteiger partial charge in [0, 0.05) is 12.2 Å². The molecule has 5 nitrogen and oxygen atoms in total. The summed E-state index contributed by atoms with van der Waals surface area (Å²) in [6.45, 7) is 4.96. The van der Waals surface area contributed by atoms with Crippen LogP contribution >= 0.6 is 0 Å². The highest BCUT2D eigenvalue weighted by Crippen LogP contribution is 2.27. The lowest BCUT2D eigenvalue weighted by atomic mass is 10.0. The Balaban J connectivity index is 1.90. The molecule has 0 radical (unpaired) electrons. The van der Waals surface area contributed by atoms with Gasteiger partial charge in [0.05, 0.1) is 18.8 Å². The Hall–Kier alpha value is -2.14. The number of aromatic nitrogens is 2. The number of ether oxygens (including phenoxy) is 1. The zero-order valence-electron chi connectivity index (χ0n) is 12.2. The van der Waals surface area contributed by atoms with Gasteiger partial charge in [-0.1, -0.05) is 30.3 Å². The largest absolute Gasteiger partial charge is 0.374 e. The van der Waals surface area contributed by atoms with Crippen molar-refractivity contribution in [3.05, 3.63) is 53.3 Å². The fourth-order valence-electron chi connectivity index (χ4n) is 2.65. The van der Waals surface area contributed by atoms with Gasteiger partial charge in [-0.15, -0.1) is 0 Å². The van der Waals surface area contributed by atoms with E-state index in [1.165, 1.54) is 0 Å². The minimum atomic E-state index is -0.0630. The summed E-state index contributed by atoms with van der Waals surface area (Å²) in [7, 11) is 0. The highest BCUT2D eigenvalue weighted by molar-refractivity contribution is 5.92. The third-order valence-electron chi connectivity index (χ3n) is 3.74. The first-order valence-corrected chi connectivity index (χ1v) is 7.14. The summed E-state index contributed by atoms with van der Waals surface area (Å²) in [5, 5.41) is 6.91. The topological polar surface area (TPSA) is 58.2 Å². The maximum Gasteiger partial charge on any atom is 0.275 e. The summed E-state index contributed by atoms with van der Waals surface area (Å²) in [4.78, 5) is 14.6. The zero-order valence-corrected chi connectivity index (χ0v) is 12.2. The molecule has 1 amide bonds. The van der Waals surface area contributed by atoms with E-state index in [0.29, 0.717) is 18.8 Å². The number of hydrogen-bond donors (Lipinski definition) is 1. The molecule has 21 heavy (non-hydrogen) atoms. The van der Waals surface area contributed by atoms with Crippen molar-refractivity contribution in [1.82, 2.24) is 15.1 Å². The third kappa shape index (κ3) is 2.83. The lowest BCUT2D eigenvalue weighted by Gasteiger charge is -2.38. The zero-order chi connectivity index (χ0) is 14.8. The second-order valence-corrected chi connectivity index (χ2v) is 5.46. The molecule has 0 aliphatic carbocycles. The maximum atomic E-state index is 12.7. The molecule has 2 heterocycles. The van der Waals surface area contributed by atoms with E-state index in [0.717, 1.165) is 11.3 Å². The van der Waals surface area contributed by atoms with Gasteiger partial charge in [0.2, 0.25) is 0 Å². The molecule has 5 heteroatoms. The fourth-order valence-corrected chi connectivity index (χ4v) is 2.65. The molecule has 110 valence electrons. The highest BCUT2D eigenvalue weighted by Gasteiger charge is 2.33. The van der Waals surface area contributed by atoms with Crippen LogP contribution < -0.4 is 0 Å². The van der Waals surface area contributed by atoms with Gasteiger partial charge in [-0.05, 0) is 25.5 Å². The van der Waals surface area contributed by atoms with E-state index < -0.39 is 0 Å². The maximum absolute atomic E-state index is 12.7. The summed E-state index contributed by atoms with van der Waals surface area (Å²) in [5.41, 5.74) is 2.43.